The number of nitrogens with zero attached hydrogens (tertiary/aromatic N) is 3. The Morgan fingerprint density at radius 1 is 1.27 bits per heavy atom. The molecule has 1 fully saturated rings. The number of hydrogen-bond donors (Lipinski definition) is 1. The minimum Gasteiger partial charge on any atom is -0.350 e. The summed E-state index contributed by atoms with van der Waals surface area (Å²) in [6.45, 7) is 4.15. The van der Waals surface area contributed by atoms with Crippen LogP contribution in [0.15, 0.2) is 34.9 Å². The lowest BCUT2D eigenvalue weighted by Gasteiger charge is -2.21. The van der Waals surface area contributed by atoms with Crippen molar-refractivity contribution in [3.63, 3.8) is 0 Å². The number of halogens is 1. The molecule has 4 rings (SSSR count). The van der Waals surface area contributed by atoms with Gasteiger partial charge in [0.05, 0.1) is 23.2 Å². The number of rotatable bonds is 7. The number of carbonyl (C=O) groups excluding carboxylic acids is 2. The van der Waals surface area contributed by atoms with Gasteiger partial charge in [0.25, 0.3) is 11.6 Å². The van der Waals surface area contributed by atoms with Crippen LogP contribution in [0.1, 0.15) is 53.0 Å². The predicted molar refractivity (Wildman–Crippen MR) is 108 cm³/mol. The molecule has 1 aliphatic rings. The molecule has 1 N–H and O–H groups in total. The molecule has 0 unspecified atom stereocenters. The second-order valence-electron chi connectivity index (χ2n) is 7.54. The average Bonchev–Trinajstić information content (AvgIpc) is 3.54. The Morgan fingerprint density at radius 3 is 2.67 bits per heavy atom. The van der Waals surface area contributed by atoms with Crippen molar-refractivity contribution in [3.8, 4) is 0 Å². The summed E-state index contributed by atoms with van der Waals surface area (Å²) < 4.78 is 18.3. The first-order valence-corrected chi connectivity index (χ1v) is 10.0. The van der Waals surface area contributed by atoms with E-state index in [0.717, 1.165) is 24.1 Å². The number of carbonyl (C=O) groups is 2. The van der Waals surface area contributed by atoms with E-state index >= 15 is 0 Å². The van der Waals surface area contributed by atoms with Gasteiger partial charge in [-0.15, -0.1) is 0 Å². The van der Waals surface area contributed by atoms with Crippen molar-refractivity contribution in [1.29, 1.82) is 0 Å². The van der Waals surface area contributed by atoms with E-state index in [4.69, 9.17) is 4.52 Å². The summed E-state index contributed by atoms with van der Waals surface area (Å²) in [7, 11) is 0. The highest BCUT2D eigenvalue weighted by atomic mass is 19.1. The van der Waals surface area contributed by atoms with Crippen molar-refractivity contribution in [2.45, 2.75) is 39.2 Å². The molecule has 0 aliphatic heterocycles. The Bertz CT molecular complexity index is 1090. The first-order valence-electron chi connectivity index (χ1n) is 10.0. The Morgan fingerprint density at radius 2 is 2.00 bits per heavy atom. The van der Waals surface area contributed by atoms with E-state index in [0.29, 0.717) is 34.8 Å². The smallest absolute Gasteiger partial charge is 0.259 e. The van der Waals surface area contributed by atoms with E-state index in [2.05, 4.69) is 15.5 Å². The van der Waals surface area contributed by atoms with Crippen LogP contribution in [0.3, 0.4) is 0 Å². The van der Waals surface area contributed by atoms with E-state index in [1.807, 2.05) is 13.0 Å². The Labute approximate surface area is 173 Å². The van der Waals surface area contributed by atoms with Crippen molar-refractivity contribution >= 4 is 22.9 Å². The normalized spacial score (nSPS) is 13.4. The molecule has 1 saturated carbocycles. The second kappa shape index (κ2) is 8.22. The lowest BCUT2D eigenvalue weighted by atomic mass is 10.1. The van der Waals surface area contributed by atoms with Gasteiger partial charge in [-0.2, -0.15) is 0 Å². The maximum absolute atomic E-state index is 13.3. The Kier molecular flexibility index (Phi) is 5.48. The van der Waals surface area contributed by atoms with Gasteiger partial charge in [-0.1, -0.05) is 17.3 Å². The summed E-state index contributed by atoms with van der Waals surface area (Å²) in [5.74, 6) is -0.522. The minimum absolute atomic E-state index is 0.0799. The molecule has 2 aromatic heterocycles. The van der Waals surface area contributed by atoms with Gasteiger partial charge in [0.1, 0.15) is 5.82 Å². The zero-order chi connectivity index (χ0) is 21.3. The Balaban J connectivity index is 1.50. The number of pyridine rings is 1. The van der Waals surface area contributed by atoms with Crippen molar-refractivity contribution in [2.24, 2.45) is 0 Å². The third-order valence-electron chi connectivity index (χ3n) is 5.27. The number of aryl methyl sites for hydroxylation is 1. The van der Waals surface area contributed by atoms with Gasteiger partial charge in [-0.3, -0.25) is 9.59 Å². The number of nitrogens with one attached hydrogen (secondary N) is 1. The standard InChI is InChI=1S/C22H23FN4O3/c1-3-27(12-19(28)24-11-14-4-8-16(23)9-5-14)22(29)17-10-18(15-6-7-15)25-21-20(17)13(2)26-30-21/h4-5,8-10,15H,3,6-7,11-12H2,1-2H3,(H,24,28). The second-order valence-corrected chi connectivity index (χ2v) is 7.54. The third kappa shape index (κ3) is 4.17. The summed E-state index contributed by atoms with van der Waals surface area (Å²) >= 11 is 0. The summed E-state index contributed by atoms with van der Waals surface area (Å²) in [6, 6.07) is 7.72. The maximum atomic E-state index is 13.3. The van der Waals surface area contributed by atoms with Crippen LogP contribution in [0.2, 0.25) is 0 Å². The molecular weight excluding hydrogens is 387 g/mol. The zero-order valence-electron chi connectivity index (χ0n) is 16.9. The molecule has 2 heterocycles. The van der Waals surface area contributed by atoms with Gasteiger partial charge in [0.15, 0.2) is 0 Å². The van der Waals surface area contributed by atoms with Crippen LogP contribution in [0.25, 0.3) is 11.1 Å². The molecule has 30 heavy (non-hydrogen) atoms. The molecule has 0 atom stereocenters. The van der Waals surface area contributed by atoms with Crippen LogP contribution < -0.4 is 5.32 Å². The average molecular weight is 410 g/mol. The fourth-order valence-electron chi connectivity index (χ4n) is 3.40. The summed E-state index contributed by atoms with van der Waals surface area (Å²) in [6.07, 6.45) is 2.09. The van der Waals surface area contributed by atoms with Crippen LogP contribution in [0.4, 0.5) is 4.39 Å². The van der Waals surface area contributed by atoms with Gasteiger partial charge in [-0.25, -0.2) is 9.37 Å². The Hall–Kier alpha value is -3.29. The molecule has 8 heteroatoms. The van der Waals surface area contributed by atoms with E-state index in [1.165, 1.54) is 17.0 Å². The summed E-state index contributed by atoms with van der Waals surface area (Å²) in [4.78, 5) is 31.7. The molecule has 0 spiro atoms. The number of aromatic nitrogens is 2. The van der Waals surface area contributed by atoms with Crippen LogP contribution in [-0.2, 0) is 11.3 Å². The van der Waals surface area contributed by atoms with Crippen LogP contribution in [0.5, 0.6) is 0 Å². The molecular formula is C22H23FN4O3. The molecule has 1 aliphatic carbocycles. The molecule has 0 radical (unpaired) electrons. The van der Waals surface area contributed by atoms with Gasteiger partial charge in [-0.05, 0) is 50.5 Å². The monoisotopic (exact) mass is 410 g/mol. The highest BCUT2D eigenvalue weighted by Gasteiger charge is 2.30. The van der Waals surface area contributed by atoms with E-state index in [-0.39, 0.29) is 30.7 Å². The maximum Gasteiger partial charge on any atom is 0.259 e. The lowest BCUT2D eigenvalue weighted by molar-refractivity contribution is -0.121. The first-order chi connectivity index (χ1) is 14.5. The molecule has 7 nitrogen and oxygen atoms in total. The fraction of sp³-hybridized carbons (Fsp3) is 0.364. The molecule has 3 aromatic rings. The zero-order valence-corrected chi connectivity index (χ0v) is 16.9. The third-order valence-corrected chi connectivity index (χ3v) is 5.27. The van der Waals surface area contributed by atoms with Gasteiger partial charge in [0, 0.05) is 24.7 Å². The van der Waals surface area contributed by atoms with E-state index in [9.17, 15) is 14.0 Å². The van der Waals surface area contributed by atoms with Crippen LogP contribution in [-0.4, -0.2) is 39.9 Å². The molecule has 0 bridgehead atoms. The first kappa shape index (κ1) is 20.0. The highest BCUT2D eigenvalue weighted by Crippen LogP contribution is 2.40. The van der Waals surface area contributed by atoms with Crippen molar-refractivity contribution < 1.29 is 18.5 Å². The van der Waals surface area contributed by atoms with Crippen molar-refractivity contribution in [3.05, 3.63) is 58.7 Å². The molecule has 1 aromatic carbocycles. The topological polar surface area (TPSA) is 88.3 Å². The quantitative estimate of drug-likeness (QED) is 0.646. The van der Waals surface area contributed by atoms with E-state index in [1.54, 1.807) is 19.1 Å². The number of amides is 2. The number of hydrogen-bond acceptors (Lipinski definition) is 5. The van der Waals surface area contributed by atoms with Crippen molar-refractivity contribution in [2.75, 3.05) is 13.1 Å². The largest absolute Gasteiger partial charge is 0.350 e. The highest BCUT2D eigenvalue weighted by molar-refractivity contribution is 6.07. The SMILES string of the molecule is CCN(CC(=O)NCc1ccc(F)cc1)C(=O)c1cc(C2CC2)nc2onc(C)c12. The molecule has 2 amide bonds. The fourth-order valence-corrected chi connectivity index (χ4v) is 3.40. The van der Waals surface area contributed by atoms with Crippen LogP contribution >= 0.6 is 0 Å². The lowest BCUT2D eigenvalue weighted by Crippen LogP contribution is -2.40. The minimum atomic E-state index is -0.328. The van der Waals surface area contributed by atoms with Gasteiger partial charge in [0.2, 0.25) is 5.91 Å². The predicted octanol–water partition coefficient (Wildman–Crippen LogP) is 3.33. The van der Waals surface area contributed by atoms with Gasteiger partial charge >= 0.3 is 0 Å². The van der Waals surface area contributed by atoms with E-state index < -0.39 is 0 Å². The number of benzene rings is 1. The summed E-state index contributed by atoms with van der Waals surface area (Å²) in [5.41, 5.74) is 3.04. The molecule has 156 valence electrons. The molecule has 0 saturated heterocycles. The summed E-state index contributed by atoms with van der Waals surface area (Å²) in [5, 5.41) is 7.33. The van der Waals surface area contributed by atoms with Gasteiger partial charge < -0.3 is 14.7 Å². The van der Waals surface area contributed by atoms with Crippen molar-refractivity contribution in [1.82, 2.24) is 20.4 Å². The number of likely N-dealkylation sites (N-methyl/N-ethyl adjacent to an activating group) is 1. The number of fused-ring (bicyclic) bond motifs is 1. The van der Waals surface area contributed by atoms with Crippen LogP contribution in [0, 0.1) is 12.7 Å².